The summed E-state index contributed by atoms with van der Waals surface area (Å²) in [7, 11) is 0. The first-order valence-electron chi connectivity index (χ1n) is 9.34. The highest BCUT2D eigenvalue weighted by Crippen LogP contribution is 2.40. The topological polar surface area (TPSA) is 181 Å². The fourth-order valence-corrected chi connectivity index (χ4v) is 3.72. The van der Waals surface area contributed by atoms with E-state index in [4.69, 9.17) is 9.15 Å². The van der Waals surface area contributed by atoms with Crippen LogP contribution in [0.2, 0.25) is 0 Å². The third-order valence-corrected chi connectivity index (χ3v) is 5.42. The standard InChI is InChI=1S/C21H20O10/c22-6-14-17(27)18(28)19(29)21(31-14)15-12(24)4-2-9-16(26)10(7-30-20(9)15)8-1-3-11(23)13(25)5-8/h1-5,7,14,17-19,21-25,27-29H,6H2/t14-,17-,18+,19-,21-/m1/s1. The molecule has 164 valence electrons. The molecule has 31 heavy (non-hydrogen) atoms. The van der Waals surface area contributed by atoms with Gasteiger partial charge in [-0.3, -0.25) is 4.79 Å². The first-order chi connectivity index (χ1) is 14.7. The summed E-state index contributed by atoms with van der Waals surface area (Å²) < 4.78 is 11.1. The van der Waals surface area contributed by atoms with Crippen molar-refractivity contribution < 1.29 is 44.9 Å². The lowest BCUT2D eigenvalue weighted by Gasteiger charge is -2.40. The number of phenolic OH excluding ortho intramolecular Hbond substituents is 3. The van der Waals surface area contributed by atoms with E-state index in [1.165, 1.54) is 30.3 Å². The lowest BCUT2D eigenvalue weighted by atomic mass is 9.89. The van der Waals surface area contributed by atoms with Crippen LogP contribution in [0.15, 0.2) is 45.8 Å². The van der Waals surface area contributed by atoms with Crippen LogP contribution in [0.4, 0.5) is 0 Å². The Bertz CT molecular complexity index is 1180. The molecular weight excluding hydrogens is 412 g/mol. The summed E-state index contributed by atoms with van der Waals surface area (Å²) in [6.07, 6.45) is -6.50. The van der Waals surface area contributed by atoms with Crippen molar-refractivity contribution in [3.05, 3.63) is 52.4 Å². The zero-order valence-electron chi connectivity index (χ0n) is 15.9. The van der Waals surface area contributed by atoms with Crippen molar-refractivity contribution in [3.63, 3.8) is 0 Å². The zero-order chi connectivity index (χ0) is 22.4. The molecular formula is C21H20O10. The summed E-state index contributed by atoms with van der Waals surface area (Å²) in [5.41, 5.74) is -0.452. The third-order valence-electron chi connectivity index (χ3n) is 5.42. The summed E-state index contributed by atoms with van der Waals surface area (Å²) in [6, 6.07) is 6.30. The van der Waals surface area contributed by atoms with Crippen molar-refractivity contribution in [1.82, 2.24) is 0 Å². The zero-order valence-corrected chi connectivity index (χ0v) is 15.9. The van der Waals surface area contributed by atoms with Crippen molar-refractivity contribution >= 4 is 11.0 Å². The highest BCUT2D eigenvalue weighted by Gasteiger charge is 2.45. The second kappa shape index (κ2) is 7.84. The molecule has 4 rings (SSSR count). The normalized spacial score (nSPS) is 26.3. The molecule has 2 heterocycles. The van der Waals surface area contributed by atoms with E-state index in [9.17, 15) is 40.5 Å². The molecule has 1 saturated heterocycles. The van der Waals surface area contributed by atoms with Crippen LogP contribution in [0.5, 0.6) is 17.2 Å². The van der Waals surface area contributed by atoms with Gasteiger partial charge < -0.3 is 44.9 Å². The Balaban J connectivity index is 1.88. The van der Waals surface area contributed by atoms with Gasteiger partial charge in [-0.25, -0.2) is 0 Å². The largest absolute Gasteiger partial charge is 0.507 e. The number of aliphatic hydroxyl groups is 4. The highest BCUT2D eigenvalue weighted by molar-refractivity contribution is 5.86. The van der Waals surface area contributed by atoms with Crippen LogP contribution >= 0.6 is 0 Å². The summed E-state index contributed by atoms with van der Waals surface area (Å²) in [6.45, 7) is -0.661. The number of rotatable bonds is 3. The molecule has 10 heteroatoms. The Morgan fingerprint density at radius 2 is 1.58 bits per heavy atom. The minimum Gasteiger partial charge on any atom is -0.507 e. The average molecular weight is 432 g/mol. The van der Waals surface area contributed by atoms with Crippen LogP contribution in [0.1, 0.15) is 11.7 Å². The predicted octanol–water partition coefficient (Wildman–Crippen LogP) is 0.0917. The molecule has 7 N–H and O–H groups in total. The van der Waals surface area contributed by atoms with Crippen molar-refractivity contribution in [1.29, 1.82) is 0 Å². The number of aliphatic hydroxyl groups excluding tert-OH is 4. The van der Waals surface area contributed by atoms with E-state index < -0.39 is 54.1 Å². The first kappa shape index (κ1) is 21.1. The van der Waals surface area contributed by atoms with Gasteiger partial charge in [0.1, 0.15) is 48.1 Å². The highest BCUT2D eigenvalue weighted by atomic mass is 16.5. The molecule has 3 aromatic rings. The minimum atomic E-state index is -1.69. The number of fused-ring (bicyclic) bond motifs is 1. The van der Waals surface area contributed by atoms with Gasteiger partial charge in [0.15, 0.2) is 11.5 Å². The summed E-state index contributed by atoms with van der Waals surface area (Å²) in [5, 5.41) is 69.5. The maximum Gasteiger partial charge on any atom is 0.200 e. The Morgan fingerprint density at radius 1 is 0.871 bits per heavy atom. The molecule has 0 aliphatic carbocycles. The second-order valence-electron chi connectivity index (χ2n) is 7.31. The third kappa shape index (κ3) is 3.40. The van der Waals surface area contributed by atoms with Gasteiger partial charge in [-0.2, -0.15) is 0 Å². The van der Waals surface area contributed by atoms with Crippen LogP contribution in [0, 0.1) is 0 Å². The van der Waals surface area contributed by atoms with Crippen LogP contribution in [-0.4, -0.2) is 66.8 Å². The van der Waals surface area contributed by atoms with Crippen LogP contribution in [-0.2, 0) is 4.74 Å². The van der Waals surface area contributed by atoms with E-state index in [1.807, 2.05) is 0 Å². The molecule has 2 aromatic carbocycles. The quantitative estimate of drug-likeness (QED) is 0.280. The van der Waals surface area contributed by atoms with Crippen LogP contribution < -0.4 is 5.43 Å². The molecule has 1 fully saturated rings. The molecule has 10 nitrogen and oxygen atoms in total. The van der Waals surface area contributed by atoms with Gasteiger partial charge in [-0.1, -0.05) is 6.07 Å². The lowest BCUT2D eigenvalue weighted by Crippen LogP contribution is -2.55. The fourth-order valence-electron chi connectivity index (χ4n) is 3.72. The molecule has 0 saturated carbocycles. The Hall–Kier alpha value is -3.15. The van der Waals surface area contributed by atoms with E-state index in [0.717, 1.165) is 6.26 Å². The molecule has 0 amide bonds. The maximum absolute atomic E-state index is 13.1. The van der Waals surface area contributed by atoms with Crippen molar-refractivity contribution in [2.75, 3.05) is 6.61 Å². The molecule has 1 aromatic heterocycles. The molecule has 0 bridgehead atoms. The van der Waals surface area contributed by atoms with Crippen LogP contribution in [0.3, 0.4) is 0 Å². The number of benzene rings is 2. The van der Waals surface area contributed by atoms with Crippen molar-refractivity contribution in [3.8, 4) is 28.4 Å². The van der Waals surface area contributed by atoms with Gasteiger partial charge in [-0.05, 0) is 29.8 Å². The smallest absolute Gasteiger partial charge is 0.200 e. The second-order valence-corrected chi connectivity index (χ2v) is 7.31. The van der Waals surface area contributed by atoms with Crippen LogP contribution in [0.25, 0.3) is 22.1 Å². The van der Waals surface area contributed by atoms with E-state index >= 15 is 0 Å². The van der Waals surface area contributed by atoms with E-state index in [1.54, 1.807) is 0 Å². The van der Waals surface area contributed by atoms with Gasteiger partial charge in [0.2, 0.25) is 5.43 Å². The molecule has 0 radical (unpaired) electrons. The summed E-state index contributed by atoms with van der Waals surface area (Å²) in [5.74, 6) is -1.18. The van der Waals surface area contributed by atoms with Gasteiger partial charge in [0.05, 0.1) is 23.1 Å². The number of hydrogen-bond donors (Lipinski definition) is 7. The molecule has 0 unspecified atom stereocenters. The Kier molecular flexibility index (Phi) is 5.33. The molecule has 0 spiro atoms. The summed E-state index contributed by atoms with van der Waals surface area (Å²) in [4.78, 5) is 13.1. The summed E-state index contributed by atoms with van der Waals surface area (Å²) >= 11 is 0. The first-order valence-corrected chi connectivity index (χ1v) is 9.34. The number of ether oxygens (including phenoxy) is 1. The predicted molar refractivity (Wildman–Crippen MR) is 106 cm³/mol. The van der Waals surface area contributed by atoms with Gasteiger partial charge in [-0.15, -0.1) is 0 Å². The van der Waals surface area contributed by atoms with E-state index in [0.29, 0.717) is 0 Å². The minimum absolute atomic E-state index is 0.00910. The molecule has 1 aliphatic rings. The fraction of sp³-hybridized carbons (Fsp3) is 0.286. The number of aromatic hydroxyl groups is 3. The maximum atomic E-state index is 13.1. The van der Waals surface area contributed by atoms with E-state index in [-0.39, 0.29) is 33.4 Å². The van der Waals surface area contributed by atoms with Gasteiger partial charge >= 0.3 is 0 Å². The van der Waals surface area contributed by atoms with Crippen molar-refractivity contribution in [2.45, 2.75) is 30.5 Å². The Labute approximate surface area is 174 Å². The van der Waals surface area contributed by atoms with Gasteiger partial charge in [0.25, 0.3) is 0 Å². The number of hydrogen-bond acceptors (Lipinski definition) is 10. The SMILES string of the molecule is O=c1c(-c2ccc(O)c(O)c2)coc2c([C@H]3O[C@H](CO)[C@@H](O)[C@H](O)[C@H]3O)c(O)ccc12. The van der Waals surface area contributed by atoms with Crippen molar-refractivity contribution in [2.24, 2.45) is 0 Å². The van der Waals surface area contributed by atoms with E-state index in [2.05, 4.69) is 0 Å². The molecule has 1 aliphatic heterocycles. The average Bonchev–Trinajstić information content (AvgIpc) is 2.75. The molecule has 5 atom stereocenters. The monoisotopic (exact) mass is 432 g/mol. The van der Waals surface area contributed by atoms with Gasteiger partial charge in [0, 0.05) is 0 Å². The lowest BCUT2D eigenvalue weighted by molar-refractivity contribution is -0.231. The number of phenols is 3. The Morgan fingerprint density at radius 3 is 2.26 bits per heavy atom.